The molecule has 118 valence electrons. The van der Waals surface area contributed by atoms with E-state index in [2.05, 4.69) is 19.2 Å². The van der Waals surface area contributed by atoms with Crippen LogP contribution in [-0.4, -0.2) is 31.4 Å². The zero-order valence-corrected chi connectivity index (χ0v) is 14.3. The first-order valence-corrected chi connectivity index (χ1v) is 10.1. The summed E-state index contributed by atoms with van der Waals surface area (Å²) in [5.41, 5.74) is 1.06. The number of sulfonamides is 1. The summed E-state index contributed by atoms with van der Waals surface area (Å²) in [6, 6.07) is 2.51. The number of hydrogen-bond acceptors (Lipinski definition) is 4. The quantitative estimate of drug-likeness (QED) is 0.798. The van der Waals surface area contributed by atoms with E-state index in [0.29, 0.717) is 16.2 Å². The molecule has 0 bridgehead atoms. The Morgan fingerprint density at radius 1 is 1.33 bits per heavy atom. The van der Waals surface area contributed by atoms with Gasteiger partial charge in [0, 0.05) is 25.2 Å². The van der Waals surface area contributed by atoms with Crippen molar-refractivity contribution in [1.29, 1.82) is 0 Å². The molecule has 1 aromatic rings. The van der Waals surface area contributed by atoms with Gasteiger partial charge in [0.15, 0.2) is 0 Å². The van der Waals surface area contributed by atoms with Crippen molar-refractivity contribution in [1.82, 2.24) is 9.62 Å². The summed E-state index contributed by atoms with van der Waals surface area (Å²) in [6.07, 6.45) is 4.43. The van der Waals surface area contributed by atoms with Crippen LogP contribution in [0.15, 0.2) is 15.7 Å². The van der Waals surface area contributed by atoms with Crippen LogP contribution in [-0.2, 0) is 16.6 Å². The summed E-state index contributed by atoms with van der Waals surface area (Å²) < 4.78 is 28.0. The van der Waals surface area contributed by atoms with Crippen molar-refractivity contribution in [3.63, 3.8) is 0 Å². The van der Waals surface area contributed by atoms with E-state index in [1.165, 1.54) is 24.2 Å². The molecule has 1 N–H and O–H groups in total. The van der Waals surface area contributed by atoms with Gasteiger partial charge in [0.2, 0.25) is 0 Å². The SMILES string of the molecule is CC(C)NCc1csc(S(=O)(=O)N(CC2CC2)C2CC2)c1. The van der Waals surface area contributed by atoms with Crippen molar-refractivity contribution in [2.45, 2.75) is 62.4 Å². The third-order valence-electron chi connectivity index (χ3n) is 4.00. The van der Waals surface area contributed by atoms with Crippen molar-refractivity contribution in [2.75, 3.05) is 6.54 Å². The van der Waals surface area contributed by atoms with E-state index in [1.54, 1.807) is 4.31 Å². The largest absolute Gasteiger partial charge is 0.310 e. The number of thiophene rings is 1. The van der Waals surface area contributed by atoms with Crippen LogP contribution in [0.1, 0.15) is 45.1 Å². The Morgan fingerprint density at radius 3 is 2.62 bits per heavy atom. The Balaban J connectivity index is 1.73. The molecule has 0 amide bonds. The molecule has 0 aromatic carbocycles. The summed E-state index contributed by atoms with van der Waals surface area (Å²) >= 11 is 1.36. The molecule has 0 atom stereocenters. The first-order chi connectivity index (χ1) is 9.96. The maximum atomic E-state index is 12.8. The standard InChI is InChI=1S/C15H24N2O2S2/c1-11(2)16-8-13-7-15(20-10-13)21(18,19)17(14-5-6-14)9-12-3-4-12/h7,10-12,14,16H,3-6,8-9H2,1-2H3. The molecule has 1 heterocycles. The second-order valence-electron chi connectivity index (χ2n) is 6.56. The fraction of sp³-hybridized carbons (Fsp3) is 0.733. The van der Waals surface area contributed by atoms with Gasteiger partial charge in [-0.25, -0.2) is 8.42 Å². The topological polar surface area (TPSA) is 49.4 Å². The highest BCUT2D eigenvalue weighted by Gasteiger charge is 2.41. The lowest BCUT2D eigenvalue weighted by Gasteiger charge is -2.20. The smallest absolute Gasteiger partial charge is 0.252 e. The zero-order chi connectivity index (χ0) is 15.0. The summed E-state index contributed by atoms with van der Waals surface area (Å²) in [6.45, 7) is 5.64. The Morgan fingerprint density at radius 2 is 2.05 bits per heavy atom. The van der Waals surface area contributed by atoms with Crippen molar-refractivity contribution in [3.05, 3.63) is 17.0 Å². The minimum Gasteiger partial charge on any atom is -0.310 e. The normalized spacial score (nSPS) is 19.6. The molecule has 0 saturated heterocycles. The van der Waals surface area contributed by atoms with Crippen LogP contribution < -0.4 is 5.32 Å². The monoisotopic (exact) mass is 328 g/mol. The zero-order valence-electron chi connectivity index (χ0n) is 12.7. The highest BCUT2D eigenvalue weighted by molar-refractivity contribution is 7.91. The number of nitrogens with zero attached hydrogens (tertiary/aromatic N) is 1. The Hall–Kier alpha value is -0.430. The Labute approximate surface area is 131 Å². The van der Waals surface area contributed by atoms with E-state index in [-0.39, 0.29) is 6.04 Å². The number of nitrogens with one attached hydrogen (secondary N) is 1. The molecule has 4 nitrogen and oxygen atoms in total. The second-order valence-corrected chi connectivity index (χ2v) is 9.59. The van der Waals surface area contributed by atoms with E-state index in [9.17, 15) is 8.42 Å². The molecule has 0 aliphatic heterocycles. The minimum atomic E-state index is -3.29. The van der Waals surface area contributed by atoms with Gasteiger partial charge >= 0.3 is 0 Å². The molecule has 2 saturated carbocycles. The van der Waals surface area contributed by atoms with Gasteiger partial charge in [0.25, 0.3) is 10.0 Å². The van der Waals surface area contributed by atoms with Gasteiger partial charge in [0.1, 0.15) is 4.21 Å². The Bertz CT molecular complexity index is 587. The summed E-state index contributed by atoms with van der Waals surface area (Å²) in [4.78, 5) is 0. The third-order valence-corrected chi connectivity index (χ3v) is 7.38. The van der Waals surface area contributed by atoms with Crippen molar-refractivity contribution >= 4 is 21.4 Å². The molecule has 21 heavy (non-hydrogen) atoms. The van der Waals surface area contributed by atoms with Crippen LogP contribution in [0.25, 0.3) is 0 Å². The van der Waals surface area contributed by atoms with Crippen LogP contribution in [0, 0.1) is 5.92 Å². The molecule has 2 aliphatic rings. The average Bonchev–Trinajstić information content (AvgIpc) is 3.32. The van der Waals surface area contributed by atoms with Gasteiger partial charge in [0.05, 0.1) is 0 Å². The first kappa shape index (κ1) is 15.5. The van der Waals surface area contributed by atoms with Gasteiger partial charge in [-0.3, -0.25) is 0 Å². The minimum absolute atomic E-state index is 0.259. The van der Waals surface area contributed by atoms with E-state index in [4.69, 9.17) is 0 Å². The molecular weight excluding hydrogens is 304 g/mol. The van der Waals surface area contributed by atoms with Crippen molar-refractivity contribution in [3.8, 4) is 0 Å². The van der Waals surface area contributed by atoms with Gasteiger partial charge in [-0.2, -0.15) is 4.31 Å². The van der Waals surface area contributed by atoms with Gasteiger partial charge in [-0.15, -0.1) is 11.3 Å². The summed E-state index contributed by atoms with van der Waals surface area (Å²) in [7, 11) is -3.29. The van der Waals surface area contributed by atoms with Crippen LogP contribution in [0.3, 0.4) is 0 Å². The second kappa shape index (κ2) is 5.99. The first-order valence-electron chi connectivity index (χ1n) is 7.79. The molecule has 0 unspecified atom stereocenters. The van der Waals surface area contributed by atoms with Crippen molar-refractivity contribution < 1.29 is 8.42 Å². The van der Waals surface area contributed by atoms with Crippen LogP contribution in [0.2, 0.25) is 0 Å². The lowest BCUT2D eigenvalue weighted by molar-refractivity contribution is 0.390. The maximum Gasteiger partial charge on any atom is 0.252 e. The Kier molecular flexibility index (Phi) is 4.41. The van der Waals surface area contributed by atoms with Crippen LogP contribution in [0.5, 0.6) is 0 Å². The van der Waals surface area contributed by atoms with E-state index >= 15 is 0 Å². The highest BCUT2D eigenvalue weighted by atomic mass is 32.2. The predicted molar refractivity (Wildman–Crippen MR) is 85.9 cm³/mol. The fourth-order valence-electron chi connectivity index (χ4n) is 2.38. The average molecular weight is 329 g/mol. The fourth-order valence-corrected chi connectivity index (χ4v) is 5.48. The molecule has 0 spiro atoms. The molecule has 0 radical (unpaired) electrons. The van der Waals surface area contributed by atoms with Crippen molar-refractivity contribution in [2.24, 2.45) is 5.92 Å². The molecule has 2 aliphatic carbocycles. The molecule has 2 fully saturated rings. The lowest BCUT2D eigenvalue weighted by Crippen LogP contribution is -2.34. The van der Waals surface area contributed by atoms with Crippen LogP contribution in [0.4, 0.5) is 0 Å². The van der Waals surface area contributed by atoms with E-state index in [1.807, 2.05) is 11.4 Å². The predicted octanol–water partition coefficient (Wildman–Crippen LogP) is 2.81. The molecule has 1 aromatic heterocycles. The van der Waals surface area contributed by atoms with Gasteiger partial charge < -0.3 is 5.32 Å². The van der Waals surface area contributed by atoms with Gasteiger partial charge in [-0.05, 0) is 48.6 Å². The lowest BCUT2D eigenvalue weighted by atomic mass is 10.3. The molecule has 6 heteroatoms. The third kappa shape index (κ3) is 3.86. The van der Waals surface area contributed by atoms with Gasteiger partial charge in [-0.1, -0.05) is 13.8 Å². The summed E-state index contributed by atoms with van der Waals surface area (Å²) in [5.74, 6) is 0.599. The molecular formula is C15H24N2O2S2. The number of hydrogen-bond donors (Lipinski definition) is 1. The van der Waals surface area contributed by atoms with Crippen LogP contribution >= 0.6 is 11.3 Å². The van der Waals surface area contributed by atoms with E-state index in [0.717, 1.165) is 31.5 Å². The summed E-state index contributed by atoms with van der Waals surface area (Å²) in [5, 5.41) is 5.29. The maximum absolute atomic E-state index is 12.8. The van der Waals surface area contributed by atoms with E-state index < -0.39 is 10.0 Å². The molecule has 3 rings (SSSR count). The number of rotatable bonds is 8. The highest BCUT2D eigenvalue weighted by Crippen LogP contribution is 2.39.